The van der Waals surface area contributed by atoms with Crippen LogP contribution in [0.4, 0.5) is 4.79 Å². The van der Waals surface area contributed by atoms with Crippen LogP contribution < -0.4 is 5.32 Å². The second-order valence-electron chi connectivity index (χ2n) is 4.16. The molecule has 2 aliphatic rings. The van der Waals surface area contributed by atoms with Gasteiger partial charge in [-0.15, -0.1) is 0 Å². The van der Waals surface area contributed by atoms with Gasteiger partial charge in [-0.1, -0.05) is 0 Å². The number of rotatable bonds is 1. The standard InChI is InChI=1S/C9H12BN3O3/c1-12-4-5-13(8(12)16)9(10)3-2-6(14)11-7(9)15/h2-5H2,1H3,(H,11,14,15). The molecule has 0 aromatic heterocycles. The Labute approximate surface area is 94.4 Å². The Bertz CT molecular complexity index is 373. The fraction of sp³-hybridized carbons (Fsp3) is 0.667. The molecule has 2 saturated heterocycles. The molecule has 2 heterocycles. The van der Waals surface area contributed by atoms with E-state index in [1.54, 1.807) is 7.05 Å². The maximum Gasteiger partial charge on any atom is 0.320 e. The van der Waals surface area contributed by atoms with Gasteiger partial charge in [-0.3, -0.25) is 14.9 Å². The summed E-state index contributed by atoms with van der Waals surface area (Å²) in [6.07, 6.45) is 0.340. The summed E-state index contributed by atoms with van der Waals surface area (Å²) in [5.74, 6) is -0.932. The summed E-state index contributed by atoms with van der Waals surface area (Å²) < 4.78 is 0. The van der Waals surface area contributed by atoms with Crippen molar-refractivity contribution in [3.05, 3.63) is 0 Å². The van der Waals surface area contributed by atoms with E-state index in [9.17, 15) is 14.4 Å². The Kier molecular flexibility index (Phi) is 2.40. The molecule has 6 nitrogen and oxygen atoms in total. The SMILES string of the molecule is [B]C1(N2CCN(C)C2=O)CCC(=O)NC1=O. The molecule has 84 valence electrons. The first-order chi connectivity index (χ1) is 7.45. The van der Waals surface area contributed by atoms with E-state index in [0.29, 0.717) is 13.1 Å². The molecule has 2 aliphatic heterocycles. The van der Waals surface area contributed by atoms with Crippen LogP contribution in [-0.4, -0.2) is 61.1 Å². The highest BCUT2D eigenvalue weighted by Gasteiger charge is 2.47. The molecule has 0 saturated carbocycles. The van der Waals surface area contributed by atoms with Crippen molar-refractivity contribution in [2.24, 2.45) is 0 Å². The fourth-order valence-electron chi connectivity index (χ4n) is 1.99. The molecule has 16 heavy (non-hydrogen) atoms. The second kappa shape index (κ2) is 3.50. The van der Waals surface area contributed by atoms with Crippen LogP contribution in [0.5, 0.6) is 0 Å². The lowest BCUT2D eigenvalue weighted by atomic mass is 9.70. The number of nitrogens with zero attached hydrogens (tertiary/aromatic N) is 2. The van der Waals surface area contributed by atoms with Gasteiger partial charge in [0.1, 0.15) is 7.85 Å². The van der Waals surface area contributed by atoms with Gasteiger partial charge in [0.2, 0.25) is 11.8 Å². The third kappa shape index (κ3) is 1.47. The zero-order valence-corrected chi connectivity index (χ0v) is 9.02. The minimum atomic E-state index is -1.38. The molecule has 0 spiro atoms. The second-order valence-corrected chi connectivity index (χ2v) is 4.16. The molecule has 0 aromatic rings. The predicted molar refractivity (Wildman–Crippen MR) is 55.6 cm³/mol. The normalized spacial score (nSPS) is 30.9. The lowest BCUT2D eigenvalue weighted by Crippen LogP contribution is -2.64. The van der Waals surface area contributed by atoms with Gasteiger partial charge in [0, 0.05) is 26.6 Å². The number of carbonyl (C=O) groups excluding carboxylic acids is 3. The Morgan fingerprint density at radius 1 is 1.31 bits per heavy atom. The van der Waals surface area contributed by atoms with Gasteiger partial charge in [0.15, 0.2) is 0 Å². The predicted octanol–water partition coefficient (Wildman–Crippen LogP) is -1.34. The number of piperidine rings is 1. The van der Waals surface area contributed by atoms with Crippen LogP contribution in [0.15, 0.2) is 0 Å². The van der Waals surface area contributed by atoms with Gasteiger partial charge in [0.05, 0.1) is 5.44 Å². The molecule has 2 fully saturated rings. The van der Waals surface area contributed by atoms with Crippen LogP contribution in [0.2, 0.25) is 0 Å². The van der Waals surface area contributed by atoms with E-state index >= 15 is 0 Å². The van der Waals surface area contributed by atoms with E-state index in [-0.39, 0.29) is 24.8 Å². The Hall–Kier alpha value is -1.53. The Morgan fingerprint density at radius 2 is 2.00 bits per heavy atom. The topological polar surface area (TPSA) is 69.7 Å². The van der Waals surface area contributed by atoms with E-state index in [4.69, 9.17) is 7.85 Å². The third-order valence-corrected chi connectivity index (χ3v) is 3.08. The first-order valence-electron chi connectivity index (χ1n) is 5.11. The summed E-state index contributed by atoms with van der Waals surface area (Å²) in [5.41, 5.74) is -1.38. The summed E-state index contributed by atoms with van der Waals surface area (Å²) in [6, 6.07) is -0.271. The molecule has 2 radical (unpaired) electrons. The molecule has 0 bridgehead atoms. The van der Waals surface area contributed by atoms with Gasteiger partial charge < -0.3 is 9.80 Å². The number of likely N-dealkylation sites (N-methyl/N-ethyl adjacent to an activating group) is 1. The van der Waals surface area contributed by atoms with Crippen molar-refractivity contribution in [3.63, 3.8) is 0 Å². The molecular weight excluding hydrogens is 209 g/mol. The van der Waals surface area contributed by atoms with Gasteiger partial charge in [-0.25, -0.2) is 4.79 Å². The number of nitrogens with one attached hydrogen (secondary N) is 1. The van der Waals surface area contributed by atoms with Gasteiger partial charge in [-0.05, 0) is 6.42 Å². The average Bonchev–Trinajstić information content (AvgIpc) is 2.55. The number of hydrogen-bond donors (Lipinski definition) is 1. The van der Waals surface area contributed by atoms with Gasteiger partial charge >= 0.3 is 6.03 Å². The van der Waals surface area contributed by atoms with Crippen molar-refractivity contribution in [2.75, 3.05) is 20.1 Å². The van der Waals surface area contributed by atoms with Crippen molar-refractivity contribution in [2.45, 2.75) is 18.3 Å². The van der Waals surface area contributed by atoms with Crippen LogP contribution >= 0.6 is 0 Å². The summed E-state index contributed by atoms with van der Waals surface area (Å²) >= 11 is 0. The number of amides is 4. The molecule has 7 heteroatoms. The van der Waals surface area contributed by atoms with Crippen LogP contribution in [0.3, 0.4) is 0 Å². The lowest BCUT2D eigenvalue weighted by molar-refractivity contribution is -0.138. The van der Waals surface area contributed by atoms with Crippen LogP contribution in [0.25, 0.3) is 0 Å². The zero-order chi connectivity index (χ0) is 11.9. The van der Waals surface area contributed by atoms with Gasteiger partial charge in [0.25, 0.3) is 0 Å². The summed E-state index contributed by atoms with van der Waals surface area (Å²) in [4.78, 5) is 37.3. The van der Waals surface area contributed by atoms with Crippen molar-refractivity contribution in [1.29, 1.82) is 0 Å². The van der Waals surface area contributed by atoms with Crippen LogP contribution in [0.1, 0.15) is 12.8 Å². The Balaban J connectivity index is 2.22. The number of imide groups is 1. The summed E-state index contributed by atoms with van der Waals surface area (Å²) in [6.45, 7) is 0.951. The smallest absolute Gasteiger partial charge is 0.320 e. The minimum absolute atomic E-state index is 0.162. The molecule has 1 unspecified atom stereocenters. The molecule has 0 aliphatic carbocycles. The molecule has 0 aromatic carbocycles. The van der Waals surface area contributed by atoms with Crippen molar-refractivity contribution in [1.82, 2.24) is 15.1 Å². The molecular formula is C9H12BN3O3. The number of carbonyl (C=O) groups is 3. The first-order valence-corrected chi connectivity index (χ1v) is 5.11. The van der Waals surface area contributed by atoms with E-state index < -0.39 is 11.3 Å². The highest BCUT2D eigenvalue weighted by Crippen LogP contribution is 2.25. The highest BCUT2D eigenvalue weighted by atomic mass is 16.2. The number of urea groups is 1. The maximum absolute atomic E-state index is 11.7. The zero-order valence-electron chi connectivity index (χ0n) is 9.02. The van der Waals surface area contributed by atoms with Crippen molar-refractivity contribution in [3.8, 4) is 0 Å². The maximum atomic E-state index is 11.7. The fourth-order valence-corrected chi connectivity index (χ4v) is 1.99. The van der Waals surface area contributed by atoms with Crippen LogP contribution in [-0.2, 0) is 9.59 Å². The van der Waals surface area contributed by atoms with E-state index in [0.717, 1.165) is 0 Å². The van der Waals surface area contributed by atoms with E-state index in [2.05, 4.69) is 5.32 Å². The average molecular weight is 221 g/mol. The summed E-state index contributed by atoms with van der Waals surface area (Å²) in [5, 5.41) is 2.17. The minimum Gasteiger partial charge on any atom is -0.326 e. The highest BCUT2D eigenvalue weighted by molar-refractivity contribution is 6.32. The molecule has 4 amide bonds. The lowest BCUT2D eigenvalue weighted by Gasteiger charge is -2.39. The Morgan fingerprint density at radius 3 is 2.50 bits per heavy atom. The molecule has 2 rings (SSSR count). The van der Waals surface area contributed by atoms with Crippen molar-refractivity contribution >= 4 is 25.7 Å². The van der Waals surface area contributed by atoms with Crippen LogP contribution in [0, 0.1) is 0 Å². The quantitative estimate of drug-likeness (QED) is 0.439. The molecule has 1 atom stereocenters. The largest absolute Gasteiger partial charge is 0.326 e. The summed E-state index contributed by atoms with van der Waals surface area (Å²) in [7, 11) is 7.59. The molecule has 1 N–H and O–H groups in total. The van der Waals surface area contributed by atoms with Gasteiger partial charge in [-0.2, -0.15) is 0 Å². The first kappa shape index (κ1) is 11.0. The monoisotopic (exact) mass is 221 g/mol. The number of hydrogen-bond acceptors (Lipinski definition) is 3. The van der Waals surface area contributed by atoms with Crippen molar-refractivity contribution < 1.29 is 14.4 Å². The third-order valence-electron chi connectivity index (χ3n) is 3.08. The van der Waals surface area contributed by atoms with E-state index in [1.165, 1.54) is 9.80 Å². The van der Waals surface area contributed by atoms with E-state index in [1.807, 2.05) is 0 Å².